The molecule has 6 nitrogen and oxygen atoms in total. The number of benzene rings is 1. The van der Waals surface area contributed by atoms with Crippen LogP contribution in [0.25, 0.3) is 0 Å². The van der Waals surface area contributed by atoms with E-state index in [-0.39, 0.29) is 12.3 Å². The van der Waals surface area contributed by atoms with Gasteiger partial charge in [0, 0.05) is 5.02 Å². The fourth-order valence-electron chi connectivity index (χ4n) is 1.20. The van der Waals surface area contributed by atoms with Crippen LogP contribution in [0.4, 0.5) is 11.4 Å². The summed E-state index contributed by atoms with van der Waals surface area (Å²) in [5, 5.41) is 4.54. The number of anilines is 2. The van der Waals surface area contributed by atoms with Gasteiger partial charge in [0.2, 0.25) is 5.91 Å². The highest BCUT2D eigenvalue weighted by molar-refractivity contribution is 6.31. The molecule has 0 radical (unpaired) electrons. The molecule has 1 aromatic carbocycles. The van der Waals surface area contributed by atoms with Crippen LogP contribution < -0.4 is 22.0 Å². The molecule has 1 aromatic rings. The van der Waals surface area contributed by atoms with Crippen molar-refractivity contribution in [2.24, 2.45) is 5.10 Å². The second-order valence-electron chi connectivity index (χ2n) is 3.25. The molecule has 84 valence electrons. The Balaban J connectivity index is 2.09. The number of amides is 1. The van der Waals surface area contributed by atoms with Crippen molar-refractivity contribution in [2.45, 2.75) is 6.42 Å². The van der Waals surface area contributed by atoms with Crippen molar-refractivity contribution in [3.05, 3.63) is 23.2 Å². The number of nitrogens with two attached hydrogens (primary N) is 1. The largest absolute Gasteiger partial charge is 0.397 e. The molecular weight excluding hydrogens is 230 g/mol. The molecule has 0 spiro atoms. The van der Waals surface area contributed by atoms with E-state index in [2.05, 4.69) is 21.4 Å². The second-order valence-corrected chi connectivity index (χ2v) is 3.69. The van der Waals surface area contributed by atoms with Crippen molar-refractivity contribution in [1.82, 2.24) is 10.9 Å². The molecule has 2 rings (SSSR count). The van der Waals surface area contributed by atoms with E-state index in [0.29, 0.717) is 22.2 Å². The van der Waals surface area contributed by atoms with Gasteiger partial charge in [-0.3, -0.25) is 21.1 Å². The standard InChI is InChI=1S/C9H10ClN5O/c10-5-1-2-6(11)7(3-5)12-13-8-4-9(16)15-14-8/h1-3,12H,4,11H2,(H,13,14)(H,15,16). The first-order valence-electron chi connectivity index (χ1n) is 4.57. The van der Waals surface area contributed by atoms with E-state index >= 15 is 0 Å². The van der Waals surface area contributed by atoms with Crippen LogP contribution in [0, 0.1) is 0 Å². The molecule has 1 aliphatic rings. The third-order valence-corrected chi connectivity index (χ3v) is 2.24. The summed E-state index contributed by atoms with van der Waals surface area (Å²) in [4.78, 5) is 10.9. The third kappa shape index (κ3) is 2.34. The van der Waals surface area contributed by atoms with Crippen LogP contribution in [0.3, 0.4) is 0 Å². The van der Waals surface area contributed by atoms with Gasteiger partial charge < -0.3 is 5.73 Å². The Morgan fingerprint density at radius 3 is 2.94 bits per heavy atom. The summed E-state index contributed by atoms with van der Waals surface area (Å²) < 4.78 is 0. The number of carbonyl (C=O) groups excluding carboxylic acids is 1. The van der Waals surface area contributed by atoms with E-state index in [9.17, 15) is 4.79 Å². The summed E-state index contributed by atoms with van der Waals surface area (Å²) in [6, 6.07) is 5.02. The van der Waals surface area contributed by atoms with Gasteiger partial charge in [0.25, 0.3) is 0 Å². The van der Waals surface area contributed by atoms with E-state index < -0.39 is 0 Å². The van der Waals surface area contributed by atoms with Gasteiger partial charge in [-0.15, -0.1) is 0 Å². The average Bonchev–Trinajstić information content (AvgIpc) is 2.66. The van der Waals surface area contributed by atoms with Gasteiger partial charge in [0.15, 0.2) is 5.84 Å². The van der Waals surface area contributed by atoms with Crippen LogP contribution in [0.2, 0.25) is 5.02 Å². The minimum Gasteiger partial charge on any atom is -0.397 e. The maximum absolute atomic E-state index is 10.9. The molecule has 0 bridgehead atoms. The number of halogens is 1. The zero-order chi connectivity index (χ0) is 11.5. The topological polar surface area (TPSA) is 91.5 Å². The summed E-state index contributed by atoms with van der Waals surface area (Å²) in [6.07, 6.45) is 0.216. The number of carbonyl (C=O) groups is 1. The van der Waals surface area contributed by atoms with Crippen LogP contribution in [0.15, 0.2) is 23.3 Å². The Hall–Kier alpha value is -1.95. The molecule has 1 saturated heterocycles. The normalized spacial score (nSPS) is 17.1. The number of rotatable bonds is 2. The first kappa shape index (κ1) is 10.6. The molecule has 0 unspecified atom stereocenters. The van der Waals surface area contributed by atoms with E-state index in [1.165, 1.54) is 0 Å². The Bertz CT molecular complexity index is 459. The number of hydrazone groups is 1. The number of hydrogen-bond acceptors (Lipinski definition) is 4. The van der Waals surface area contributed by atoms with Gasteiger partial charge in [0.1, 0.15) is 0 Å². The molecule has 0 aromatic heterocycles. The summed E-state index contributed by atoms with van der Waals surface area (Å²) in [6.45, 7) is 0. The monoisotopic (exact) mass is 239 g/mol. The lowest BCUT2D eigenvalue weighted by Gasteiger charge is -2.05. The van der Waals surface area contributed by atoms with Crippen molar-refractivity contribution < 1.29 is 4.79 Å². The molecule has 0 saturated carbocycles. The van der Waals surface area contributed by atoms with Crippen molar-refractivity contribution >= 4 is 34.7 Å². The molecule has 16 heavy (non-hydrogen) atoms. The number of nitrogens with zero attached hydrogens (tertiary/aromatic N) is 1. The number of hydrazine groups is 1. The summed E-state index contributed by atoms with van der Waals surface area (Å²) in [5.74, 6) is 0.379. The van der Waals surface area contributed by atoms with Gasteiger partial charge in [-0.25, -0.2) is 0 Å². The third-order valence-electron chi connectivity index (χ3n) is 2.00. The fraction of sp³-hybridized carbons (Fsp3) is 0.111. The van der Waals surface area contributed by atoms with Crippen molar-refractivity contribution in [3.63, 3.8) is 0 Å². The zero-order valence-corrected chi connectivity index (χ0v) is 9.01. The van der Waals surface area contributed by atoms with Crippen LogP contribution in [0.5, 0.6) is 0 Å². The smallest absolute Gasteiger partial charge is 0.246 e. The van der Waals surface area contributed by atoms with Crippen molar-refractivity contribution in [3.8, 4) is 0 Å². The highest BCUT2D eigenvalue weighted by atomic mass is 35.5. The maximum Gasteiger partial charge on any atom is 0.246 e. The Morgan fingerprint density at radius 1 is 1.44 bits per heavy atom. The highest BCUT2D eigenvalue weighted by Gasteiger charge is 2.14. The number of amidine groups is 1. The molecule has 0 atom stereocenters. The van der Waals surface area contributed by atoms with Crippen LogP contribution in [-0.2, 0) is 4.79 Å². The predicted molar refractivity (Wildman–Crippen MR) is 62.8 cm³/mol. The van der Waals surface area contributed by atoms with Crippen LogP contribution >= 0.6 is 11.6 Å². The Morgan fingerprint density at radius 2 is 2.25 bits per heavy atom. The SMILES string of the molecule is Nc1ccc(Cl)cc1N/N=C1\CC(=O)NN1. The van der Waals surface area contributed by atoms with Gasteiger partial charge in [-0.1, -0.05) is 11.6 Å². The van der Waals surface area contributed by atoms with Crippen LogP contribution in [-0.4, -0.2) is 11.7 Å². The van der Waals surface area contributed by atoms with Gasteiger partial charge in [0.05, 0.1) is 17.8 Å². The minimum atomic E-state index is -0.125. The minimum absolute atomic E-state index is 0.125. The van der Waals surface area contributed by atoms with Crippen molar-refractivity contribution in [2.75, 3.05) is 11.2 Å². The van der Waals surface area contributed by atoms with Gasteiger partial charge in [-0.05, 0) is 18.2 Å². The second kappa shape index (κ2) is 4.28. The van der Waals surface area contributed by atoms with E-state index in [1.807, 2.05) is 0 Å². The molecule has 5 N–H and O–H groups in total. The fourth-order valence-corrected chi connectivity index (χ4v) is 1.37. The Labute approximate surface area is 96.8 Å². The molecule has 1 fully saturated rings. The van der Waals surface area contributed by atoms with E-state index in [0.717, 1.165) is 0 Å². The van der Waals surface area contributed by atoms with Gasteiger partial charge >= 0.3 is 0 Å². The summed E-state index contributed by atoms with van der Waals surface area (Å²) in [7, 11) is 0. The molecule has 0 aliphatic carbocycles. The lowest BCUT2D eigenvalue weighted by atomic mass is 10.3. The molecule has 1 amide bonds. The zero-order valence-electron chi connectivity index (χ0n) is 8.25. The van der Waals surface area contributed by atoms with E-state index in [1.54, 1.807) is 18.2 Å². The number of hydrogen-bond donors (Lipinski definition) is 4. The molecule has 7 heteroatoms. The summed E-state index contributed by atoms with van der Waals surface area (Å²) >= 11 is 5.81. The quantitative estimate of drug-likeness (QED) is 0.451. The van der Waals surface area contributed by atoms with Gasteiger partial charge in [-0.2, -0.15) is 5.10 Å². The highest BCUT2D eigenvalue weighted by Crippen LogP contribution is 2.22. The van der Waals surface area contributed by atoms with E-state index in [4.69, 9.17) is 17.3 Å². The van der Waals surface area contributed by atoms with Crippen LogP contribution in [0.1, 0.15) is 6.42 Å². The first-order valence-corrected chi connectivity index (χ1v) is 4.95. The lowest BCUT2D eigenvalue weighted by molar-refractivity contribution is -0.119. The van der Waals surface area contributed by atoms with Crippen molar-refractivity contribution in [1.29, 1.82) is 0 Å². The lowest BCUT2D eigenvalue weighted by Crippen LogP contribution is -2.28. The molecular formula is C9H10ClN5O. The number of nitrogens with one attached hydrogen (secondary N) is 3. The number of nitrogen functional groups attached to an aromatic ring is 1. The predicted octanol–water partition coefficient (Wildman–Crippen LogP) is 0.672. The molecule has 1 aliphatic heterocycles. The Kier molecular flexibility index (Phi) is 2.82. The summed E-state index contributed by atoms with van der Waals surface area (Å²) in [5.41, 5.74) is 14.6. The first-order chi connectivity index (χ1) is 7.65. The average molecular weight is 240 g/mol. The molecule has 1 heterocycles. The maximum atomic E-state index is 10.9.